The molecule has 6 nitrogen and oxygen atoms in total. The van der Waals surface area contributed by atoms with Crippen LogP contribution in [0.5, 0.6) is 0 Å². The summed E-state index contributed by atoms with van der Waals surface area (Å²) in [6.45, 7) is 0.660. The lowest BCUT2D eigenvalue weighted by Crippen LogP contribution is -2.29. The Morgan fingerprint density at radius 2 is 2.10 bits per heavy atom. The summed E-state index contributed by atoms with van der Waals surface area (Å²) in [6.07, 6.45) is 0.532. The Kier molecular flexibility index (Phi) is 5.94. The molecule has 0 amide bonds. The Balaban J connectivity index is 3.20. The molecule has 2 N–H and O–H groups in total. The van der Waals surface area contributed by atoms with Crippen LogP contribution in [0.2, 0.25) is 5.02 Å². The van der Waals surface area contributed by atoms with E-state index in [1.54, 1.807) is 0 Å². The first-order valence-corrected chi connectivity index (χ1v) is 7.70. The highest BCUT2D eigenvalue weighted by molar-refractivity contribution is 7.89. The summed E-state index contributed by atoms with van der Waals surface area (Å²) in [5, 5.41) is 0.0530. The molecule has 1 aromatic carbocycles. The maximum Gasteiger partial charge on any atom is 0.337 e. The Hall–Kier alpha value is -1.15. The molecule has 1 aromatic rings. The number of hydrogen-bond acceptors (Lipinski definition) is 5. The number of carbonyl (C=O) groups is 1. The van der Waals surface area contributed by atoms with Gasteiger partial charge in [0, 0.05) is 13.6 Å². The number of methoxy groups -OCH3 is 1. The van der Waals surface area contributed by atoms with E-state index in [0.29, 0.717) is 13.0 Å². The third-order valence-electron chi connectivity index (χ3n) is 2.72. The van der Waals surface area contributed by atoms with Gasteiger partial charge in [0.25, 0.3) is 0 Å². The molecule has 0 saturated heterocycles. The molecule has 0 radical (unpaired) electrons. The summed E-state index contributed by atoms with van der Waals surface area (Å²) in [5.41, 5.74) is 5.49. The van der Waals surface area contributed by atoms with Gasteiger partial charge in [0.2, 0.25) is 10.0 Å². The molecule has 0 aliphatic rings. The number of nitrogens with two attached hydrogens (primary N) is 1. The lowest BCUT2D eigenvalue weighted by Gasteiger charge is -2.18. The first-order valence-electron chi connectivity index (χ1n) is 5.89. The molecular weight excluding hydrogens is 304 g/mol. The van der Waals surface area contributed by atoms with Crippen LogP contribution < -0.4 is 5.73 Å². The molecule has 0 bridgehead atoms. The number of ether oxygens (including phenoxy) is 1. The molecule has 0 saturated carbocycles. The summed E-state index contributed by atoms with van der Waals surface area (Å²) in [5.74, 6) is -0.622. The number of nitrogens with zero attached hydrogens (tertiary/aromatic N) is 1. The van der Waals surface area contributed by atoms with Crippen LogP contribution in [0.3, 0.4) is 0 Å². The Morgan fingerprint density at radius 3 is 2.65 bits per heavy atom. The highest BCUT2D eigenvalue weighted by Crippen LogP contribution is 2.25. The van der Waals surface area contributed by atoms with Crippen LogP contribution in [0.25, 0.3) is 0 Å². The van der Waals surface area contributed by atoms with E-state index < -0.39 is 16.0 Å². The van der Waals surface area contributed by atoms with E-state index in [0.717, 1.165) is 4.31 Å². The number of hydrogen-bond donors (Lipinski definition) is 1. The SMILES string of the molecule is COC(=O)c1ccc(Cl)c(S(=O)(=O)N(C)CCCN)c1. The molecule has 20 heavy (non-hydrogen) atoms. The minimum absolute atomic E-state index is 0.0530. The van der Waals surface area contributed by atoms with Crippen molar-refractivity contribution in [3.8, 4) is 0 Å². The monoisotopic (exact) mass is 320 g/mol. The van der Waals surface area contributed by atoms with Crippen LogP contribution in [-0.4, -0.2) is 45.9 Å². The van der Waals surface area contributed by atoms with Gasteiger partial charge in [-0.25, -0.2) is 17.5 Å². The number of sulfonamides is 1. The summed E-state index contributed by atoms with van der Waals surface area (Å²) >= 11 is 5.92. The van der Waals surface area contributed by atoms with Crippen LogP contribution in [0.15, 0.2) is 23.1 Å². The van der Waals surface area contributed by atoms with Crippen molar-refractivity contribution < 1.29 is 17.9 Å². The summed E-state index contributed by atoms with van der Waals surface area (Å²) in [6, 6.07) is 3.98. The zero-order chi connectivity index (χ0) is 15.3. The molecule has 0 spiro atoms. The highest BCUT2D eigenvalue weighted by atomic mass is 35.5. The molecule has 0 unspecified atom stereocenters. The van der Waals surface area contributed by atoms with Gasteiger partial charge in [0.15, 0.2) is 0 Å². The molecule has 0 aromatic heterocycles. The second kappa shape index (κ2) is 7.03. The second-order valence-electron chi connectivity index (χ2n) is 4.11. The van der Waals surface area contributed by atoms with Gasteiger partial charge in [-0.05, 0) is 31.2 Å². The minimum atomic E-state index is -3.77. The molecule has 0 aliphatic heterocycles. The van der Waals surface area contributed by atoms with Gasteiger partial charge >= 0.3 is 5.97 Å². The van der Waals surface area contributed by atoms with Gasteiger partial charge in [0.1, 0.15) is 4.90 Å². The maximum atomic E-state index is 12.4. The maximum absolute atomic E-state index is 12.4. The molecule has 112 valence electrons. The molecule has 8 heteroatoms. The normalized spacial score (nSPS) is 11.7. The van der Waals surface area contributed by atoms with Crippen molar-refractivity contribution in [1.82, 2.24) is 4.31 Å². The zero-order valence-corrected chi connectivity index (χ0v) is 12.9. The number of carbonyl (C=O) groups excluding carboxylic acids is 1. The van der Waals surface area contributed by atoms with Crippen molar-refractivity contribution in [3.63, 3.8) is 0 Å². The molecule has 0 aliphatic carbocycles. The average Bonchev–Trinajstić information content (AvgIpc) is 2.43. The number of esters is 1. The van der Waals surface area contributed by atoms with Gasteiger partial charge in [-0.3, -0.25) is 0 Å². The van der Waals surface area contributed by atoms with Crippen LogP contribution in [0.4, 0.5) is 0 Å². The highest BCUT2D eigenvalue weighted by Gasteiger charge is 2.24. The number of halogens is 1. The van der Waals surface area contributed by atoms with Gasteiger partial charge < -0.3 is 10.5 Å². The van der Waals surface area contributed by atoms with E-state index >= 15 is 0 Å². The van der Waals surface area contributed by atoms with Crippen molar-refractivity contribution in [2.24, 2.45) is 5.73 Å². The van der Waals surface area contributed by atoms with Crippen LogP contribution in [0.1, 0.15) is 16.8 Å². The predicted octanol–water partition coefficient (Wildman–Crippen LogP) is 1.10. The zero-order valence-electron chi connectivity index (χ0n) is 11.3. The first-order chi connectivity index (χ1) is 9.34. The molecule has 0 heterocycles. The second-order valence-corrected chi connectivity index (χ2v) is 6.53. The number of benzene rings is 1. The smallest absolute Gasteiger partial charge is 0.337 e. The van der Waals surface area contributed by atoms with E-state index in [9.17, 15) is 13.2 Å². The fourth-order valence-electron chi connectivity index (χ4n) is 1.55. The Morgan fingerprint density at radius 1 is 1.45 bits per heavy atom. The number of rotatable bonds is 6. The largest absolute Gasteiger partial charge is 0.465 e. The standard InChI is InChI=1S/C12H17ClN2O4S/c1-15(7-3-6-14)20(17,18)11-8-9(12(16)19-2)4-5-10(11)13/h4-5,8H,3,6-7,14H2,1-2H3. The summed E-state index contributed by atoms with van der Waals surface area (Å²) < 4.78 is 30.5. The van der Waals surface area contributed by atoms with Crippen LogP contribution in [0, 0.1) is 0 Å². The van der Waals surface area contributed by atoms with Crippen LogP contribution >= 0.6 is 11.6 Å². The van der Waals surface area contributed by atoms with E-state index in [1.807, 2.05) is 0 Å². The third kappa shape index (κ3) is 3.69. The van der Waals surface area contributed by atoms with Crippen LogP contribution in [-0.2, 0) is 14.8 Å². The van der Waals surface area contributed by atoms with Gasteiger partial charge in [-0.1, -0.05) is 11.6 Å². The first kappa shape index (κ1) is 16.9. The third-order valence-corrected chi connectivity index (χ3v) is 5.06. The average molecular weight is 321 g/mol. The minimum Gasteiger partial charge on any atom is -0.465 e. The Labute approximate surface area is 123 Å². The Bertz CT molecular complexity index is 589. The van der Waals surface area contributed by atoms with Crippen molar-refractivity contribution in [1.29, 1.82) is 0 Å². The molecular formula is C12H17ClN2O4S. The van der Waals surface area contributed by atoms with Crippen molar-refractivity contribution in [2.75, 3.05) is 27.2 Å². The van der Waals surface area contributed by atoms with E-state index in [4.69, 9.17) is 17.3 Å². The van der Waals surface area contributed by atoms with Crippen molar-refractivity contribution in [3.05, 3.63) is 28.8 Å². The predicted molar refractivity (Wildman–Crippen MR) is 76.3 cm³/mol. The van der Waals surface area contributed by atoms with E-state index in [1.165, 1.54) is 32.4 Å². The lowest BCUT2D eigenvalue weighted by atomic mass is 10.2. The fourth-order valence-corrected chi connectivity index (χ4v) is 3.25. The van der Waals surface area contributed by atoms with Gasteiger partial charge in [0.05, 0.1) is 17.7 Å². The van der Waals surface area contributed by atoms with Crippen molar-refractivity contribution in [2.45, 2.75) is 11.3 Å². The lowest BCUT2D eigenvalue weighted by molar-refractivity contribution is 0.0600. The molecule has 1 rings (SSSR count). The summed E-state index contributed by atoms with van der Waals surface area (Å²) in [7, 11) is -1.11. The van der Waals surface area contributed by atoms with E-state index in [2.05, 4.69) is 4.74 Å². The van der Waals surface area contributed by atoms with Gasteiger partial charge in [-0.15, -0.1) is 0 Å². The molecule has 0 fully saturated rings. The molecule has 0 atom stereocenters. The van der Waals surface area contributed by atoms with Gasteiger partial charge in [-0.2, -0.15) is 0 Å². The summed E-state index contributed by atoms with van der Waals surface area (Å²) in [4.78, 5) is 11.3. The topological polar surface area (TPSA) is 89.7 Å². The van der Waals surface area contributed by atoms with Crippen molar-refractivity contribution >= 4 is 27.6 Å². The fraction of sp³-hybridized carbons (Fsp3) is 0.417. The van der Waals surface area contributed by atoms with E-state index in [-0.39, 0.29) is 22.0 Å². The quantitative estimate of drug-likeness (QED) is 0.793.